The molecule has 0 aromatic heterocycles. The van der Waals surface area contributed by atoms with E-state index in [9.17, 15) is 4.79 Å². The zero-order valence-electron chi connectivity index (χ0n) is 20.8. The van der Waals surface area contributed by atoms with Crippen LogP contribution in [0.5, 0.6) is 0 Å². The SMILES string of the molecule is Cc1ccc(C)c(C2=NN(C(=O)CN3CCC4(CC3)OCCO4)C(c3cc(C)ccc3C)C2)c1. The molecular weight excluding hydrogens is 426 g/mol. The fraction of sp³-hybridized carbons (Fsp3) is 0.500. The van der Waals surface area contributed by atoms with Crippen LogP contribution in [0.25, 0.3) is 0 Å². The van der Waals surface area contributed by atoms with Crippen molar-refractivity contribution in [1.29, 1.82) is 0 Å². The van der Waals surface area contributed by atoms with Gasteiger partial charge in [-0.15, -0.1) is 0 Å². The third-order valence-corrected chi connectivity index (χ3v) is 7.45. The first-order chi connectivity index (χ1) is 16.3. The number of hydrogen-bond donors (Lipinski definition) is 0. The van der Waals surface area contributed by atoms with Crippen LogP contribution in [-0.4, -0.2) is 60.2 Å². The summed E-state index contributed by atoms with van der Waals surface area (Å²) < 4.78 is 11.7. The molecule has 6 nitrogen and oxygen atoms in total. The lowest BCUT2D eigenvalue weighted by molar-refractivity contribution is -0.186. The predicted molar refractivity (Wildman–Crippen MR) is 133 cm³/mol. The Morgan fingerprint density at radius 2 is 1.62 bits per heavy atom. The van der Waals surface area contributed by atoms with Crippen LogP contribution in [0.4, 0.5) is 0 Å². The van der Waals surface area contributed by atoms with E-state index < -0.39 is 5.79 Å². The number of carbonyl (C=O) groups is 1. The van der Waals surface area contributed by atoms with E-state index >= 15 is 0 Å². The fourth-order valence-electron chi connectivity index (χ4n) is 5.41. The topological polar surface area (TPSA) is 54.4 Å². The van der Waals surface area contributed by atoms with Gasteiger partial charge in [0.2, 0.25) is 0 Å². The summed E-state index contributed by atoms with van der Waals surface area (Å²) in [6, 6.07) is 12.9. The highest BCUT2D eigenvalue weighted by Gasteiger charge is 2.41. The van der Waals surface area contributed by atoms with Gasteiger partial charge in [-0.2, -0.15) is 5.10 Å². The minimum atomic E-state index is -0.428. The summed E-state index contributed by atoms with van der Waals surface area (Å²) in [5.41, 5.74) is 8.10. The van der Waals surface area contributed by atoms with Gasteiger partial charge in [0.25, 0.3) is 5.91 Å². The number of aryl methyl sites for hydroxylation is 4. The lowest BCUT2D eigenvalue weighted by atomic mass is 9.92. The molecule has 0 aliphatic carbocycles. The minimum Gasteiger partial charge on any atom is -0.347 e. The van der Waals surface area contributed by atoms with Crippen molar-refractivity contribution in [3.63, 3.8) is 0 Å². The summed E-state index contributed by atoms with van der Waals surface area (Å²) in [6.45, 7) is 11.7. The molecule has 5 rings (SSSR count). The van der Waals surface area contributed by atoms with Crippen molar-refractivity contribution in [3.05, 3.63) is 69.8 Å². The molecule has 2 aromatic rings. The third kappa shape index (κ3) is 4.54. The van der Waals surface area contributed by atoms with Crippen molar-refractivity contribution in [1.82, 2.24) is 9.91 Å². The second-order valence-corrected chi connectivity index (χ2v) is 10.1. The van der Waals surface area contributed by atoms with Crippen molar-refractivity contribution >= 4 is 11.6 Å². The first-order valence-electron chi connectivity index (χ1n) is 12.4. The zero-order chi connectivity index (χ0) is 23.9. The van der Waals surface area contributed by atoms with Gasteiger partial charge in [-0.05, 0) is 50.5 Å². The monoisotopic (exact) mass is 461 g/mol. The molecule has 3 heterocycles. The maximum Gasteiger partial charge on any atom is 0.257 e. The van der Waals surface area contributed by atoms with Gasteiger partial charge in [0.05, 0.1) is 31.5 Å². The van der Waals surface area contributed by atoms with Crippen LogP contribution in [0, 0.1) is 27.7 Å². The van der Waals surface area contributed by atoms with Crippen LogP contribution < -0.4 is 0 Å². The standard InChI is InChI=1S/C28H35N3O3/c1-19-5-7-21(3)23(15-19)25-17-26(24-16-20(2)6-8-22(24)4)31(29-25)27(32)18-30-11-9-28(10-12-30)33-13-14-34-28/h5-8,15-16,26H,9-14,17-18H2,1-4H3. The van der Waals surface area contributed by atoms with Gasteiger partial charge in [0, 0.05) is 37.9 Å². The quantitative estimate of drug-likeness (QED) is 0.676. The highest BCUT2D eigenvalue weighted by molar-refractivity contribution is 6.04. The number of ether oxygens (including phenoxy) is 2. The van der Waals surface area contributed by atoms with Gasteiger partial charge in [-0.3, -0.25) is 9.69 Å². The van der Waals surface area contributed by atoms with Gasteiger partial charge in [-0.1, -0.05) is 41.5 Å². The second-order valence-electron chi connectivity index (χ2n) is 10.1. The molecule has 2 fully saturated rings. The fourth-order valence-corrected chi connectivity index (χ4v) is 5.41. The molecule has 0 radical (unpaired) electrons. The summed E-state index contributed by atoms with van der Waals surface area (Å²) >= 11 is 0. The molecule has 1 spiro atoms. The highest BCUT2D eigenvalue weighted by atomic mass is 16.7. The van der Waals surface area contributed by atoms with Gasteiger partial charge in [-0.25, -0.2) is 5.01 Å². The molecule has 1 atom stereocenters. The van der Waals surface area contributed by atoms with Gasteiger partial charge < -0.3 is 9.47 Å². The van der Waals surface area contributed by atoms with Crippen LogP contribution in [0.2, 0.25) is 0 Å². The van der Waals surface area contributed by atoms with Crippen molar-refractivity contribution in [2.45, 2.75) is 58.8 Å². The van der Waals surface area contributed by atoms with Crippen LogP contribution in [0.1, 0.15) is 58.7 Å². The summed E-state index contributed by atoms with van der Waals surface area (Å²) in [5.74, 6) is -0.377. The van der Waals surface area contributed by atoms with Gasteiger partial charge >= 0.3 is 0 Å². The Hall–Kier alpha value is -2.54. The smallest absolute Gasteiger partial charge is 0.257 e. The summed E-state index contributed by atoms with van der Waals surface area (Å²) in [7, 11) is 0. The van der Waals surface area contributed by atoms with Crippen molar-refractivity contribution in [3.8, 4) is 0 Å². The average molecular weight is 462 g/mol. The summed E-state index contributed by atoms with van der Waals surface area (Å²) in [5, 5.41) is 6.71. The number of hydrazone groups is 1. The average Bonchev–Trinajstić information content (AvgIpc) is 3.46. The number of nitrogens with zero attached hydrogens (tertiary/aromatic N) is 3. The van der Waals surface area contributed by atoms with E-state index in [2.05, 4.69) is 69.0 Å². The Bertz CT molecular complexity index is 1110. The molecule has 0 bridgehead atoms. The number of hydrogen-bond acceptors (Lipinski definition) is 5. The normalized spacial score (nSPS) is 22.4. The molecule has 3 aliphatic heterocycles. The van der Waals surface area contributed by atoms with Gasteiger partial charge in [0.15, 0.2) is 5.79 Å². The maximum atomic E-state index is 13.6. The molecule has 1 amide bonds. The molecule has 1 unspecified atom stereocenters. The first-order valence-corrected chi connectivity index (χ1v) is 12.4. The Morgan fingerprint density at radius 1 is 0.971 bits per heavy atom. The Balaban J connectivity index is 1.40. The van der Waals surface area contributed by atoms with Crippen LogP contribution in [0.15, 0.2) is 41.5 Å². The van der Waals surface area contributed by atoms with E-state index in [1.54, 1.807) is 5.01 Å². The molecule has 34 heavy (non-hydrogen) atoms. The molecule has 180 valence electrons. The van der Waals surface area contributed by atoms with Crippen molar-refractivity contribution in [2.24, 2.45) is 5.10 Å². The van der Waals surface area contributed by atoms with Crippen molar-refractivity contribution < 1.29 is 14.3 Å². The Morgan fingerprint density at radius 3 is 2.32 bits per heavy atom. The first kappa shape index (κ1) is 23.2. The Labute approximate surface area is 202 Å². The molecule has 0 N–H and O–H groups in total. The van der Waals surface area contributed by atoms with Gasteiger partial charge in [0.1, 0.15) is 0 Å². The Kier molecular flexibility index (Phi) is 6.32. The minimum absolute atomic E-state index is 0.0513. The number of piperidine rings is 1. The number of carbonyl (C=O) groups excluding carboxylic acids is 1. The molecule has 2 saturated heterocycles. The predicted octanol–water partition coefficient (Wildman–Crippen LogP) is 4.44. The lowest BCUT2D eigenvalue weighted by Crippen LogP contribution is -2.48. The summed E-state index contributed by atoms with van der Waals surface area (Å²) in [6.07, 6.45) is 2.33. The van der Waals surface area contributed by atoms with Crippen LogP contribution >= 0.6 is 0 Å². The molecule has 6 heteroatoms. The van der Waals surface area contributed by atoms with Crippen LogP contribution in [0.3, 0.4) is 0 Å². The number of likely N-dealkylation sites (tertiary alicyclic amines) is 1. The largest absolute Gasteiger partial charge is 0.347 e. The number of amides is 1. The molecular formula is C28H35N3O3. The van der Waals surface area contributed by atoms with E-state index in [-0.39, 0.29) is 11.9 Å². The number of benzene rings is 2. The molecule has 3 aliphatic rings. The third-order valence-electron chi connectivity index (χ3n) is 7.45. The zero-order valence-corrected chi connectivity index (χ0v) is 20.8. The maximum absolute atomic E-state index is 13.6. The van der Waals surface area contributed by atoms with Crippen LogP contribution in [-0.2, 0) is 14.3 Å². The van der Waals surface area contributed by atoms with E-state index in [1.807, 2.05) is 0 Å². The van der Waals surface area contributed by atoms with E-state index in [0.29, 0.717) is 19.8 Å². The van der Waals surface area contributed by atoms with E-state index in [1.165, 1.54) is 27.8 Å². The molecule has 2 aromatic carbocycles. The van der Waals surface area contributed by atoms with Crippen molar-refractivity contribution in [2.75, 3.05) is 32.8 Å². The second kappa shape index (κ2) is 9.25. The molecule has 0 saturated carbocycles. The highest BCUT2D eigenvalue weighted by Crippen LogP contribution is 2.36. The summed E-state index contributed by atoms with van der Waals surface area (Å²) in [4.78, 5) is 15.9. The van der Waals surface area contributed by atoms with E-state index in [0.717, 1.165) is 43.6 Å². The number of rotatable bonds is 4. The van der Waals surface area contributed by atoms with E-state index in [4.69, 9.17) is 14.6 Å². The lowest BCUT2D eigenvalue weighted by Gasteiger charge is -2.37.